The van der Waals surface area contributed by atoms with E-state index in [1.54, 1.807) is 4.90 Å². The third-order valence-corrected chi connectivity index (χ3v) is 4.57. The van der Waals surface area contributed by atoms with Crippen LogP contribution in [-0.2, 0) is 11.2 Å². The molecule has 0 unspecified atom stereocenters. The minimum Gasteiger partial charge on any atom is -0.330 e. The maximum atomic E-state index is 13.9. The van der Waals surface area contributed by atoms with E-state index >= 15 is 0 Å². The highest BCUT2D eigenvalue weighted by Crippen LogP contribution is 2.27. The van der Waals surface area contributed by atoms with Gasteiger partial charge in [0.15, 0.2) is 6.04 Å². The first kappa shape index (κ1) is 16.6. The molecular formula is C19H21F2N2O+. The summed E-state index contributed by atoms with van der Waals surface area (Å²) >= 11 is 0. The molecule has 2 atom stereocenters. The zero-order valence-corrected chi connectivity index (χ0v) is 13.8. The number of rotatable bonds is 4. The van der Waals surface area contributed by atoms with E-state index in [0.29, 0.717) is 12.1 Å². The lowest BCUT2D eigenvalue weighted by Gasteiger charge is -2.23. The average Bonchev–Trinajstić information content (AvgIpc) is 2.97. The number of nitrogens with zero attached hydrogens (tertiary/aromatic N) is 1. The number of hydrogen-bond donors (Lipinski definition) is 1. The Morgan fingerprint density at radius 1 is 1.17 bits per heavy atom. The van der Waals surface area contributed by atoms with Crippen LogP contribution in [0.3, 0.4) is 0 Å². The zero-order chi connectivity index (χ0) is 17.3. The minimum atomic E-state index is -0.596. The lowest BCUT2D eigenvalue weighted by atomic mass is 10.1. The number of para-hydroxylation sites is 1. The Hall–Kier alpha value is -2.27. The van der Waals surface area contributed by atoms with Crippen molar-refractivity contribution in [2.45, 2.75) is 32.4 Å². The van der Waals surface area contributed by atoms with Crippen LogP contribution in [0.25, 0.3) is 0 Å². The van der Waals surface area contributed by atoms with Crippen LogP contribution in [0.5, 0.6) is 0 Å². The van der Waals surface area contributed by atoms with E-state index in [1.165, 1.54) is 17.7 Å². The smallest absolute Gasteiger partial charge is 0.284 e. The summed E-state index contributed by atoms with van der Waals surface area (Å²) in [6, 6.07) is 10.8. The molecule has 0 radical (unpaired) electrons. The van der Waals surface area contributed by atoms with Gasteiger partial charge >= 0.3 is 0 Å². The van der Waals surface area contributed by atoms with Gasteiger partial charge in [0.1, 0.15) is 17.7 Å². The van der Waals surface area contributed by atoms with E-state index < -0.39 is 11.6 Å². The third kappa shape index (κ3) is 3.17. The number of amides is 1. The first-order valence-electron chi connectivity index (χ1n) is 8.16. The van der Waals surface area contributed by atoms with E-state index in [2.05, 4.69) is 0 Å². The Bertz CT molecular complexity index is 763. The molecular weight excluding hydrogens is 310 g/mol. The summed E-state index contributed by atoms with van der Waals surface area (Å²) in [4.78, 5) is 14.6. The Morgan fingerprint density at radius 3 is 2.67 bits per heavy atom. The van der Waals surface area contributed by atoms with Crippen molar-refractivity contribution in [3.8, 4) is 0 Å². The van der Waals surface area contributed by atoms with Crippen LogP contribution in [0.1, 0.15) is 31.0 Å². The summed E-state index contributed by atoms with van der Waals surface area (Å²) in [5, 5.41) is 1.82. The van der Waals surface area contributed by atoms with Gasteiger partial charge in [-0.3, -0.25) is 4.79 Å². The Labute approximate surface area is 140 Å². The fourth-order valence-electron chi connectivity index (χ4n) is 3.30. The SMILES string of the molecule is C[C@H]([NH2+][C@@H](C)c1ccc(F)cc1F)C(=O)N1CCc2ccccc21. The van der Waals surface area contributed by atoms with Crippen LogP contribution in [0.4, 0.5) is 14.5 Å². The monoisotopic (exact) mass is 331 g/mol. The second-order valence-corrected chi connectivity index (χ2v) is 6.30. The lowest BCUT2D eigenvalue weighted by molar-refractivity contribution is -0.710. The van der Waals surface area contributed by atoms with Crippen LogP contribution >= 0.6 is 0 Å². The molecule has 0 spiro atoms. The number of fused-ring (bicyclic) bond motifs is 1. The summed E-state index contributed by atoms with van der Waals surface area (Å²) in [5.74, 6) is -1.17. The average molecular weight is 331 g/mol. The number of carbonyl (C=O) groups is 1. The van der Waals surface area contributed by atoms with Gasteiger partial charge in [-0.05, 0) is 44.0 Å². The molecule has 0 aliphatic carbocycles. The van der Waals surface area contributed by atoms with Crippen molar-refractivity contribution >= 4 is 11.6 Å². The summed E-state index contributed by atoms with van der Waals surface area (Å²) < 4.78 is 26.9. The van der Waals surface area contributed by atoms with Crippen molar-refractivity contribution < 1.29 is 18.9 Å². The number of carbonyl (C=O) groups excluding carboxylic acids is 1. The summed E-state index contributed by atoms with van der Waals surface area (Å²) in [7, 11) is 0. The Balaban J connectivity index is 1.71. The molecule has 3 rings (SSSR count). The van der Waals surface area contributed by atoms with E-state index in [-0.39, 0.29) is 18.0 Å². The fraction of sp³-hybridized carbons (Fsp3) is 0.316. The molecule has 0 fully saturated rings. The van der Waals surface area contributed by atoms with Crippen molar-refractivity contribution in [2.75, 3.05) is 11.4 Å². The molecule has 2 aromatic carbocycles. The Kier molecular flexibility index (Phi) is 4.62. The number of anilines is 1. The van der Waals surface area contributed by atoms with Gasteiger partial charge in [-0.15, -0.1) is 0 Å². The van der Waals surface area contributed by atoms with Crippen LogP contribution in [0.2, 0.25) is 0 Å². The number of hydrogen-bond acceptors (Lipinski definition) is 1. The van der Waals surface area contributed by atoms with E-state index in [1.807, 2.05) is 43.4 Å². The normalized spacial score (nSPS) is 15.9. The van der Waals surface area contributed by atoms with Gasteiger partial charge in [-0.2, -0.15) is 0 Å². The topological polar surface area (TPSA) is 36.9 Å². The molecule has 24 heavy (non-hydrogen) atoms. The van der Waals surface area contributed by atoms with Crippen molar-refractivity contribution in [3.63, 3.8) is 0 Å². The van der Waals surface area contributed by atoms with Crippen LogP contribution in [0, 0.1) is 11.6 Å². The second-order valence-electron chi connectivity index (χ2n) is 6.30. The summed E-state index contributed by atoms with van der Waals surface area (Å²) in [6.07, 6.45) is 0.858. The fourth-order valence-corrected chi connectivity index (χ4v) is 3.30. The standard InChI is InChI=1S/C19H20F2N2O/c1-12(16-8-7-15(20)11-17(16)21)22-13(2)19(24)23-10-9-14-5-3-4-6-18(14)23/h3-8,11-13,22H,9-10H2,1-2H3/p+1/t12-,13-/m0/s1. The lowest BCUT2D eigenvalue weighted by Crippen LogP contribution is -2.92. The summed E-state index contributed by atoms with van der Waals surface area (Å²) in [5.41, 5.74) is 2.54. The van der Waals surface area contributed by atoms with Crippen molar-refractivity contribution in [1.82, 2.24) is 0 Å². The maximum absolute atomic E-state index is 13.9. The molecule has 1 aliphatic rings. The first-order chi connectivity index (χ1) is 11.5. The van der Waals surface area contributed by atoms with E-state index in [0.717, 1.165) is 18.2 Å². The molecule has 0 aromatic heterocycles. The van der Waals surface area contributed by atoms with Gasteiger partial charge in [0.25, 0.3) is 5.91 Å². The minimum absolute atomic E-state index is 0.00863. The van der Waals surface area contributed by atoms with Gasteiger partial charge in [-0.25, -0.2) is 8.78 Å². The molecule has 2 N–H and O–H groups in total. The van der Waals surface area contributed by atoms with Gasteiger partial charge in [-0.1, -0.05) is 18.2 Å². The second kappa shape index (κ2) is 6.69. The highest BCUT2D eigenvalue weighted by atomic mass is 19.1. The molecule has 0 saturated carbocycles. The van der Waals surface area contributed by atoms with Crippen molar-refractivity contribution in [3.05, 3.63) is 65.2 Å². The van der Waals surface area contributed by atoms with Gasteiger partial charge in [0, 0.05) is 23.9 Å². The molecule has 3 nitrogen and oxygen atoms in total. The van der Waals surface area contributed by atoms with E-state index in [9.17, 15) is 13.6 Å². The largest absolute Gasteiger partial charge is 0.330 e. The van der Waals surface area contributed by atoms with Crippen LogP contribution < -0.4 is 10.2 Å². The predicted octanol–water partition coefficient (Wildman–Crippen LogP) is 2.57. The number of halogens is 2. The van der Waals surface area contributed by atoms with Gasteiger partial charge in [0.05, 0.1) is 0 Å². The number of quaternary nitrogens is 1. The first-order valence-corrected chi connectivity index (χ1v) is 8.16. The third-order valence-electron chi connectivity index (χ3n) is 4.57. The molecule has 0 bridgehead atoms. The molecule has 2 aromatic rings. The number of nitrogens with two attached hydrogens (primary N) is 1. The van der Waals surface area contributed by atoms with Gasteiger partial charge < -0.3 is 10.2 Å². The molecule has 126 valence electrons. The molecule has 0 saturated heterocycles. The molecule has 5 heteroatoms. The van der Waals surface area contributed by atoms with Crippen molar-refractivity contribution in [1.29, 1.82) is 0 Å². The zero-order valence-electron chi connectivity index (χ0n) is 13.8. The maximum Gasteiger partial charge on any atom is 0.284 e. The highest BCUT2D eigenvalue weighted by Gasteiger charge is 2.31. The molecule has 1 amide bonds. The van der Waals surface area contributed by atoms with E-state index in [4.69, 9.17) is 0 Å². The molecule has 1 heterocycles. The highest BCUT2D eigenvalue weighted by molar-refractivity contribution is 5.97. The van der Waals surface area contributed by atoms with Crippen LogP contribution in [-0.4, -0.2) is 18.5 Å². The predicted molar refractivity (Wildman–Crippen MR) is 88.7 cm³/mol. The van der Waals surface area contributed by atoms with Gasteiger partial charge in [0.2, 0.25) is 0 Å². The van der Waals surface area contributed by atoms with Crippen molar-refractivity contribution in [2.24, 2.45) is 0 Å². The summed E-state index contributed by atoms with van der Waals surface area (Å²) in [6.45, 7) is 4.31. The Morgan fingerprint density at radius 2 is 1.92 bits per heavy atom. The van der Waals surface area contributed by atoms with Crippen LogP contribution in [0.15, 0.2) is 42.5 Å². The quantitative estimate of drug-likeness (QED) is 0.918. The number of benzene rings is 2. The molecule has 1 aliphatic heterocycles.